The highest BCUT2D eigenvalue weighted by molar-refractivity contribution is 5.82. The molecule has 0 aliphatic carbocycles. The van der Waals surface area contributed by atoms with Crippen molar-refractivity contribution in [2.75, 3.05) is 25.0 Å². The molecule has 1 unspecified atom stereocenters. The Balaban J connectivity index is 1.64. The molecule has 0 fully saturated rings. The summed E-state index contributed by atoms with van der Waals surface area (Å²) in [5, 5.41) is 14.6. The normalized spacial score (nSPS) is 12.2. The lowest BCUT2D eigenvalue weighted by atomic mass is 9.98. The second-order valence-electron chi connectivity index (χ2n) is 10.4. The molecule has 38 heavy (non-hydrogen) atoms. The molecule has 0 spiro atoms. The van der Waals surface area contributed by atoms with Crippen LogP contribution in [0.5, 0.6) is 5.75 Å². The van der Waals surface area contributed by atoms with Crippen LogP contribution in [0.3, 0.4) is 0 Å². The van der Waals surface area contributed by atoms with Crippen molar-refractivity contribution in [3.05, 3.63) is 58.3 Å². The van der Waals surface area contributed by atoms with Gasteiger partial charge in [0, 0.05) is 30.4 Å². The smallest absolute Gasteiger partial charge is 0.235 e. The van der Waals surface area contributed by atoms with Gasteiger partial charge >= 0.3 is 0 Å². The van der Waals surface area contributed by atoms with E-state index in [2.05, 4.69) is 31.0 Å². The van der Waals surface area contributed by atoms with E-state index in [1.165, 1.54) is 57.8 Å². The molecule has 1 atom stereocenters. The first-order chi connectivity index (χ1) is 18.5. The largest absolute Gasteiger partial charge is 0.502 e. The number of hydrogen-bond donors (Lipinski definition) is 2. The average molecular weight is 521 g/mol. The van der Waals surface area contributed by atoms with Gasteiger partial charge in [0.15, 0.2) is 5.76 Å². The summed E-state index contributed by atoms with van der Waals surface area (Å²) in [5.41, 5.74) is 2.96. The Hall–Kier alpha value is -2.79. The van der Waals surface area contributed by atoms with E-state index in [0.717, 1.165) is 37.2 Å². The zero-order valence-electron chi connectivity index (χ0n) is 24.0. The van der Waals surface area contributed by atoms with E-state index in [1.54, 1.807) is 0 Å². The molecular weight excluding hydrogens is 472 g/mol. The number of unbranched alkanes of at least 4 members (excludes halogenated alkanes) is 9. The molecule has 5 heteroatoms. The fraction of sp³-hybridized carbons (Fsp3) is 0.545. The summed E-state index contributed by atoms with van der Waals surface area (Å²) in [4.78, 5) is 15.4. The molecule has 0 aliphatic rings. The van der Waals surface area contributed by atoms with E-state index in [4.69, 9.17) is 4.42 Å². The molecule has 0 saturated carbocycles. The summed E-state index contributed by atoms with van der Waals surface area (Å²) < 4.78 is 6.06. The molecule has 0 aliphatic heterocycles. The molecule has 208 valence electrons. The molecule has 3 aromatic rings. The van der Waals surface area contributed by atoms with E-state index in [0.29, 0.717) is 16.5 Å². The van der Waals surface area contributed by atoms with Gasteiger partial charge in [0.25, 0.3) is 0 Å². The Morgan fingerprint density at radius 2 is 1.45 bits per heavy atom. The second kappa shape index (κ2) is 15.6. The van der Waals surface area contributed by atoms with E-state index < -0.39 is 0 Å². The van der Waals surface area contributed by atoms with Crippen LogP contribution in [0, 0.1) is 0 Å². The van der Waals surface area contributed by atoms with Gasteiger partial charge in [0.1, 0.15) is 5.58 Å². The Morgan fingerprint density at radius 1 is 0.842 bits per heavy atom. The maximum Gasteiger partial charge on any atom is 0.235 e. The van der Waals surface area contributed by atoms with Gasteiger partial charge in [-0.2, -0.15) is 0 Å². The zero-order valence-corrected chi connectivity index (χ0v) is 24.0. The first kappa shape index (κ1) is 29.8. The highest BCUT2D eigenvalue weighted by atomic mass is 16.4. The molecule has 0 saturated heterocycles. The lowest BCUT2D eigenvalue weighted by molar-refractivity contribution is 0.449. The number of hydrogen-bond acceptors (Lipinski definition) is 5. The third kappa shape index (κ3) is 7.86. The Morgan fingerprint density at radius 3 is 2.03 bits per heavy atom. The highest BCUT2D eigenvalue weighted by Crippen LogP contribution is 2.32. The third-order valence-electron chi connectivity index (χ3n) is 7.75. The number of anilines is 1. The summed E-state index contributed by atoms with van der Waals surface area (Å²) in [6.45, 7) is 8.34. The molecular formula is C33H48N2O3. The van der Waals surface area contributed by atoms with Crippen LogP contribution in [0.2, 0.25) is 0 Å². The maximum absolute atomic E-state index is 13.2. The molecule has 5 nitrogen and oxygen atoms in total. The summed E-state index contributed by atoms with van der Waals surface area (Å²) in [5.74, 6) is -0.113. The second-order valence-corrected chi connectivity index (χ2v) is 10.4. The summed E-state index contributed by atoms with van der Waals surface area (Å²) in [7, 11) is 1.97. The van der Waals surface area contributed by atoms with E-state index in [9.17, 15) is 9.90 Å². The summed E-state index contributed by atoms with van der Waals surface area (Å²) in [6, 6.07) is 13.7. The predicted octanol–water partition coefficient (Wildman–Crippen LogP) is 8.58. The van der Waals surface area contributed by atoms with Gasteiger partial charge in [0.05, 0.1) is 5.39 Å². The SMILES string of the molecule is CCCCCCCCCCCCC(NC)c1ccc2oc(-c3ccc(N(CC)CC)cc3)c(O)c(=O)c2c1. The van der Waals surface area contributed by atoms with E-state index in [-0.39, 0.29) is 23.0 Å². The van der Waals surface area contributed by atoms with Crippen molar-refractivity contribution >= 4 is 16.7 Å². The Kier molecular flexibility index (Phi) is 12.2. The molecule has 2 aromatic carbocycles. The fourth-order valence-corrected chi connectivity index (χ4v) is 5.34. The zero-order chi connectivity index (χ0) is 27.3. The number of rotatable bonds is 17. The van der Waals surface area contributed by atoms with E-state index >= 15 is 0 Å². The van der Waals surface area contributed by atoms with Gasteiger partial charge in [-0.25, -0.2) is 0 Å². The quantitative estimate of drug-likeness (QED) is 0.174. The maximum atomic E-state index is 13.2. The number of benzene rings is 2. The van der Waals surface area contributed by atoms with Gasteiger partial charge in [-0.15, -0.1) is 0 Å². The van der Waals surface area contributed by atoms with Gasteiger partial charge in [-0.1, -0.05) is 77.2 Å². The van der Waals surface area contributed by atoms with Crippen molar-refractivity contribution in [2.45, 2.75) is 97.4 Å². The fourth-order valence-electron chi connectivity index (χ4n) is 5.34. The van der Waals surface area contributed by atoms with Crippen LogP contribution in [0.15, 0.2) is 51.7 Å². The topological polar surface area (TPSA) is 65.7 Å². The van der Waals surface area contributed by atoms with E-state index in [1.807, 2.05) is 49.5 Å². The number of aromatic hydroxyl groups is 1. The van der Waals surface area contributed by atoms with Crippen LogP contribution < -0.4 is 15.6 Å². The molecule has 3 rings (SSSR count). The van der Waals surface area contributed by atoms with Gasteiger partial charge in [0.2, 0.25) is 11.2 Å². The van der Waals surface area contributed by atoms with Crippen molar-refractivity contribution < 1.29 is 9.52 Å². The van der Waals surface area contributed by atoms with Crippen LogP contribution in [0.25, 0.3) is 22.3 Å². The molecule has 2 N–H and O–H groups in total. The van der Waals surface area contributed by atoms with Crippen molar-refractivity contribution in [1.82, 2.24) is 5.32 Å². The van der Waals surface area contributed by atoms with Gasteiger partial charge < -0.3 is 19.7 Å². The predicted molar refractivity (Wildman–Crippen MR) is 161 cm³/mol. The molecule has 1 heterocycles. The third-order valence-corrected chi connectivity index (χ3v) is 7.75. The lowest BCUT2D eigenvalue weighted by Crippen LogP contribution is -2.21. The van der Waals surface area contributed by atoms with Crippen LogP contribution in [-0.4, -0.2) is 25.2 Å². The minimum atomic E-state index is -0.385. The van der Waals surface area contributed by atoms with Crippen molar-refractivity contribution in [3.8, 4) is 17.1 Å². The number of nitrogens with zero attached hydrogens (tertiary/aromatic N) is 1. The van der Waals surface area contributed by atoms with Crippen molar-refractivity contribution in [3.63, 3.8) is 0 Å². The first-order valence-electron chi connectivity index (χ1n) is 14.9. The minimum absolute atomic E-state index is 0.169. The Labute approximate surface area is 229 Å². The molecule has 1 aromatic heterocycles. The summed E-state index contributed by atoms with van der Waals surface area (Å²) in [6.07, 6.45) is 14.2. The lowest BCUT2D eigenvalue weighted by Gasteiger charge is -2.21. The van der Waals surface area contributed by atoms with Crippen LogP contribution >= 0.6 is 0 Å². The molecule has 0 amide bonds. The average Bonchev–Trinajstić information content (AvgIpc) is 2.95. The molecule has 0 radical (unpaired) electrons. The van der Waals surface area contributed by atoms with Crippen molar-refractivity contribution in [2.24, 2.45) is 0 Å². The number of fused-ring (bicyclic) bond motifs is 1. The van der Waals surface area contributed by atoms with Crippen molar-refractivity contribution in [1.29, 1.82) is 0 Å². The Bertz CT molecular complexity index is 1170. The van der Waals surface area contributed by atoms with Crippen LogP contribution in [0.1, 0.15) is 103 Å². The minimum Gasteiger partial charge on any atom is -0.502 e. The monoisotopic (exact) mass is 520 g/mol. The standard InChI is InChI=1S/C33H48N2O3/c1-5-8-9-10-11-12-13-14-15-16-17-29(34-4)26-20-23-30-28(24-26)31(36)32(37)33(38-30)25-18-21-27(22-19-25)35(6-2)7-3/h18-24,29,34,37H,5-17H2,1-4H3. The van der Waals surface area contributed by atoms with Gasteiger partial charge in [-0.3, -0.25) is 4.79 Å². The number of nitrogens with one attached hydrogen (secondary N) is 1. The molecule has 0 bridgehead atoms. The van der Waals surface area contributed by atoms with Crippen LogP contribution in [0.4, 0.5) is 5.69 Å². The first-order valence-corrected chi connectivity index (χ1v) is 14.9. The summed E-state index contributed by atoms with van der Waals surface area (Å²) >= 11 is 0. The van der Waals surface area contributed by atoms with Crippen LogP contribution in [-0.2, 0) is 0 Å². The van der Waals surface area contributed by atoms with Gasteiger partial charge in [-0.05, 0) is 69.3 Å². The highest BCUT2D eigenvalue weighted by Gasteiger charge is 2.18.